The Balaban J connectivity index is 2.06. The average Bonchev–Trinajstić information content (AvgIpc) is 2.55. The van der Waals surface area contributed by atoms with Gasteiger partial charge in [0.1, 0.15) is 0 Å². The molecule has 0 bridgehead atoms. The van der Waals surface area contributed by atoms with Crippen molar-refractivity contribution in [1.29, 1.82) is 0 Å². The van der Waals surface area contributed by atoms with Crippen LogP contribution >= 0.6 is 23.1 Å². The summed E-state index contributed by atoms with van der Waals surface area (Å²) in [6.45, 7) is 3.94. The second-order valence-corrected chi connectivity index (χ2v) is 5.75. The molecule has 1 aliphatic heterocycles. The van der Waals surface area contributed by atoms with Gasteiger partial charge in [-0.25, -0.2) is 4.98 Å². The first-order valence-corrected chi connectivity index (χ1v) is 7.27. The second-order valence-electron chi connectivity index (χ2n) is 3.68. The molecule has 0 aromatic carbocycles. The predicted molar refractivity (Wildman–Crippen MR) is 66.9 cm³/mol. The van der Waals surface area contributed by atoms with Gasteiger partial charge < -0.3 is 10.0 Å². The van der Waals surface area contributed by atoms with Gasteiger partial charge in [-0.2, -0.15) is 11.8 Å². The maximum atomic E-state index is 9.41. The lowest BCUT2D eigenvalue weighted by molar-refractivity contribution is 0.195. The van der Waals surface area contributed by atoms with Gasteiger partial charge in [-0.05, 0) is 19.1 Å². The van der Waals surface area contributed by atoms with Crippen LogP contribution in [0.3, 0.4) is 0 Å². The third kappa shape index (κ3) is 2.86. The molecule has 84 valence electrons. The second kappa shape index (κ2) is 5.18. The summed E-state index contributed by atoms with van der Waals surface area (Å²) in [6.07, 6.45) is 0.783. The van der Waals surface area contributed by atoms with Gasteiger partial charge in [0, 0.05) is 24.2 Å². The summed E-state index contributed by atoms with van der Waals surface area (Å²) in [7, 11) is 0. The topological polar surface area (TPSA) is 36.4 Å². The van der Waals surface area contributed by atoms with Gasteiger partial charge in [0.2, 0.25) is 0 Å². The van der Waals surface area contributed by atoms with Crippen molar-refractivity contribution < 1.29 is 5.11 Å². The Morgan fingerprint density at radius 1 is 1.47 bits per heavy atom. The van der Waals surface area contributed by atoms with Crippen LogP contribution in [0.1, 0.15) is 25.1 Å². The lowest BCUT2D eigenvalue weighted by atomic mass is 10.3. The van der Waals surface area contributed by atoms with Gasteiger partial charge in [-0.3, -0.25) is 0 Å². The zero-order valence-electron chi connectivity index (χ0n) is 8.85. The minimum Gasteiger partial charge on any atom is -0.387 e. The van der Waals surface area contributed by atoms with E-state index >= 15 is 0 Å². The van der Waals surface area contributed by atoms with Crippen LogP contribution in [-0.4, -0.2) is 34.7 Å². The molecular formula is C10H16N2OS2. The quantitative estimate of drug-likeness (QED) is 0.865. The van der Waals surface area contributed by atoms with Crippen molar-refractivity contribution in [2.75, 3.05) is 29.5 Å². The lowest BCUT2D eigenvalue weighted by Crippen LogP contribution is -2.25. The lowest BCUT2D eigenvalue weighted by Gasteiger charge is -2.18. The Labute approximate surface area is 98.5 Å². The number of anilines is 1. The Morgan fingerprint density at radius 2 is 2.33 bits per heavy atom. The summed E-state index contributed by atoms with van der Waals surface area (Å²) < 4.78 is 0. The fraction of sp³-hybridized carbons (Fsp3) is 0.700. The van der Waals surface area contributed by atoms with Crippen molar-refractivity contribution in [2.24, 2.45) is 0 Å². The summed E-state index contributed by atoms with van der Waals surface area (Å²) in [5.74, 6) is 2.44. The van der Waals surface area contributed by atoms with Crippen molar-refractivity contribution in [2.45, 2.75) is 19.4 Å². The van der Waals surface area contributed by atoms with Crippen LogP contribution in [-0.2, 0) is 0 Å². The molecule has 1 atom stereocenters. The molecule has 15 heavy (non-hydrogen) atoms. The molecule has 0 radical (unpaired) electrons. The molecule has 1 fully saturated rings. The van der Waals surface area contributed by atoms with Crippen LogP contribution in [0.15, 0.2) is 5.38 Å². The monoisotopic (exact) mass is 244 g/mol. The van der Waals surface area contributed by atoms with Gasteiger partial charge in [0.05, 0.1) is 11.8 Å². The van der Waals surface area contributed by atoms with E-state index in [0.717, 1.165) is 23.9 Å². The van der Waals surface area contributed by atoms with Crippen molar-refractivity contribution >= 4 is 28.2 Å². The highest BCUT2D eigenvalue weighted by atomic mass is 32.2. The molecule has 0 spiro atoms. The highest BCUT2D eigenvalue weighted by Gasteiger charge is 2.14. The molecule has 2 heterocycles. The minimum atomic E-state index is -0.448. The molecule has 5 heteroatoms. The average molecular weight is 244 g/mol. The van der Waals surface area contributed by atoms with Crippen LogP contribution in [0.5, 0.6) is 0 Å². The third-order valence-corrected chi connectivity index (χ3v) is 4.40. The van der Waals surface area contributed by atoms with E-state index in [1.807, 2.05) is 17.1 Å². The van der Waals surface area contributed by atoms with E-state index in [-0.39, 0.29) is 0 Å². The number of aliphatic hydroxyl groups is 1. The van der Waals surface area contributed by atoms with E-state index in [2.05, 4.69) is 9.88 Å². The van der Waals surface area contributed by atoms with Crippen LogP contribution in [0.4, 0.5) is 5.13 Å². The highest BCUT2D eigenvalue weighted by molar-refractivity contribution is 7.99. The first-order chi connectivity index (χ1) is 7.27. The van der Waals surface area contributed by atoms with Crippen LogP contribution in [0, 0.1) is 0 Å². The van der Waals surface area contributed by atoms with Crippen molar-refractivity contribution in [3.63, 3.8) is 0 Å². The molecule has 1 aromatic heterocycles. The Hall–Kier alpha value is -0.260. The number of thioether (sulfide) groups is 1. The SMILES string of the molecule is CC(O)c1csc(N2CCCSCC2)n1. The predicted octanol–water partition coefficient (Wildman–Crippen LogP) is 2.14. The van der Waals surface area contributed by atoms with Crippen LogP contribution in [0.25, 0.3) is 0 Å². The summed E-state index contributed by atoms with van der Waals surface area (Å²) in [4.78, 5) is 6.79. The van der Waals surface area contributed by atoms with Gasteiger partial charge in [-0.15, -0.1) is 11.3 Å². The number of aliphatic hydroxyl groups excluding tert-OH is 1. The summed E-state index contributed by atoms with van der Waals surface area (Å²) >= 11 is 3.65. The van der Waals surface area contributed by atoms with E-state index in [4.69, 9.17) is 0 Å². The van der Waals surface area contributed by atoms with Crippen LogP contribution in [0.2, 0.25) is 0 Å². The summed E-state index contributed by atoms with van der Waals surface area (Å²) in [5.41, 5.74) is 0.798. The first kappa shape index (κ1) is 11.2. The number of nitrogens with zero attached hydrogens (tertiary/aromatic N) is 2. The molecule has 2 rings (SSSR count). The van der Waals surface area contributed by atoms with E-state index in [0.29, 0.717) is 0 Å². The van der Waals surface area contributed by atoms with E-state index < -0.39 is 6.10 Å². The molecule has 0 amide bonds. The van der Waals surface area contributed by atoms with E-state index in [9.17, 15) is 5.11 Å². The number of hydrogen-bond donors (Lipinski definition) is 1. The summed E-state index contributed by atoms with van der Waals surface area (Å²) in [5, 5.41) is 12.4. The van der Waals surface area contributed by atoms with Crippen molar-refractivity contribution in [1.82, 2.24) is 4.98 Å². The van der Waals surface area contributed by atoms with Crippen molar-refractivity contribution in [3.05, 3.63) is 11.1 Å². The zero-order chi connectivity index (χ0) is 10.7. The molecule has 0 saturated carbocycles. The molecule has 1 aromatic rings. The first-order valence-electron chi connectivity index (χ1n) is 5.23. The summed E-state index contributed by atoms with van der Waals surface area (Å²) in [6, 6.07) is 0. The fourth-order valence-electron chi connectivity index (χ4n) is 1.55. The Kier molecular flexibility index (Phi) is 3.88. The Morgan fingerprint density at radius 3 is 3.07 bits per heavy atom. The van der Waals surface area contributed by atoms with Gasteiger partial charge in [0.25, 0.3) is 0 Å². The molecule has 3 nitrogen and oxygen atoms in total. The largest absolute Gasteiger partial charge is 0.387 e. The molecule has 1 unspecified atom stereocenters. The Bertz CT molecular complexity index is 306. The number of thiazole rings is 1. The van der Waals surface area contributed by atoms with E-state index in [1.165, 1.54) is 17.9 Å². The molecular weight excluding hydrogens is 228 g/mol. The normalized spacial score (nSPS) is 20.0. The molecule has 1 saturated heterocycles. The number of hydrogen-bond acceptors (Lipinski definition) is 5. The smallest absolute Gasteiger partial charge is 0.185 e. The number of aromatic nitrogens is 1. The molecule has 0 aliphatic carbocycles. The highest BCUT2D eigenvalue weighted by Crippen LogP contribution is 2.25. The van der Waals surface area contributed by atoms with Gasteiger partial charge in [0.15, 0.2) is 5.13 Å². The van der Waals surface area contributed by atoms with Crippen LogP contribution < -0.4 is 4.90 Å². The standard InChI is InChI=1S/C10H16N2OS2/c1-8(13)9-7-15-10(11-9)12-3-2-5-14-6-4-12/h7-8,13H,2-6H2,1H3. The maximum absolute atomic E-state index is 9.41. The molecule has 1 N–H and O–H groups in total. The van der Waals surface area contributed by atoms with Gasteiger partial charge in [-0.1, -0.05) is 0 Å². The third-order valence-electron chi connectivity index (χ3n) is 2.43. The van der Waals surface area contributed by atoms with Crippen molar-refractivity contribution in [3.8, 4) is 0 Å². The molecule has 1 aliphatic rings. The minimum absolute atomic E-state index is 0.448. The van der Waals surface area contributed by atoms with Gasteiger partial charge >= 0.3 is 0 Å². The maximum Gasteiger partial charge on any atom is 0.185 e. The van der Waals surface area contributed by atoms with E-state index in [1.54, 1.807) is 18.3 Å². The fourth-order valence-corrected chi connectivity index (χ4v) is 3.40. The number of rotatable bonds is 2. The zero-order valence-corrected chi connectivity index (χ0v) is 10.5.